The van der Waals surface area contributed by atoms with Gasteiger partial charge in [-0.25, -0.2) is 9.97 Å². The molecule has 0 unspecified atom stereocenters. The summed E-state index contributed by atoms with van der Waals surface area (Å²) in [5, 5.41) is 3.43. The fourth-order valence-corrected chi connectivity index (χ4v) is 2.77. The monoisotopic (exact) mass is 315 g/mol. The van der Waals surface area contributed by atoms with Crippen LogP contribution >= 0.6 is 29.4 Å². The van der Waals surface area contributed by atoms with Crippen LogP contribution in [0.4, 0.5) is 5.82 Å². The standard InChI is InChI=1S/C10H12BrN5.H2S/c11-8-7-9(12)14-4-5-16(7)10(15-8)6-2-1-3-13-6;/h4-6,13H,1-3H2,(H2,12,14);1H2/t6-;/m0./s1. The summed E-state index contributed by atoms with van der Waals surface area (Å²) < 4.78 is 2.77. The zero-order chi connectivity index (χ0) is 11.1. The Kier molecular flexibility index (Phi) is 3.60. The maximum Gasteiger partial charge on any atom is 0.150 e. The summed E-state index contributed by atoms with van der Waals surface area (Å²) in [6.07, 6.45) is 5.92. The van der Waals surface area contributed by atoms with Crippen molar-refractivity contribution in [1.29, 1.82) is 0 Å². The van der Waals surface area contributed by atoms with E-state index in [-0.39, 0.29) is 13.5 Å². The average molecular weight is 316 g/mol. The Morgan fingerprint density at radius 3 is 3.06 bits per heavy atom. The zero-order valence-electron chi connectivity index (χ0n) is 9.15. The van der Waals surface area contributed by atoms with Crippen LogP contribution in [0.25, 0.3) is 5.52 Å². The minimum atomic E-state index is 0. The molecular formula is C10H14BrN5S. The van der Waals surface area contributed by atoms with Crippen molar-refractivity contribution in [2.24, 2.45) is 0 Å². The summed E-state index contributed by atoms with van der Waals surface area (Å²) in [5.41, 5.74) is 6.70. The number of nitrogens with zero attached hydrogens (tertiary/aromatic N) is 3. The van der Waals surface area contributed by atoms with Crippen LogP contribution in [0.5, 0.6) is 0 Å². The molecular weight excluding hydrogens is 302 g/mol. The molecule has 0 radical (unpaired) electrons. The topological polar surface area (TPSA) is 68.2 Å². The van der Waals surface area contributed by atoms with Crippen LogP contribution < -0.4 is 11.1 Å². The van der Waals surface area contributed by atoms with Crippen molar-refractivity contribution in [2.75, 3.05) is 12.3 Å². The highest BCUT2D eigenvalue weighted by molar-refractivity contribution is 9.10. The molecule has 1 aliphatic heterocycles. The van der Waals surface area contributed by atoms with E-state index in [1.165, 1.54) is 6.42 Å². The summed E-state index contributed by atoms with van der Waals surface area (Å²) in [7, 11) is 0. The van der Waals surface area contributed by atoms with E-state index in [9.17, 15) is 0 Å². The molecule has 3 heterocycles. The van der Waals surface area contributed by atoms with E-state index < -0.39 is 0 Å². The van der Waals surface area contributed by atoms with Crippen LogP contribution in [0.1, 0.15) is 24.7 Å². The first-order chi connectivity index (χ1) is 7.77. The predicted molar refractivity (Wildman–Crippen MR) is 75.5 cm³/mol. The molecule has 92 valence electrons. The Morgan fingerprint density at radius 2 is 2.35 bits per heavy atom. The lowest BCUT2D eigenvalue weighted by Crippen LogP contribution is -2.15. The molecule has 0 spiro atoms. The molecule has 2 aromatic rings. The van der Waals surface area contributed by atoms with E-state index in [1.807, 2.05) is 10.6 Å². The first kappa shape index (κ1) is 12.7. The molecule has 17 heavy (non-hydrogen) atoms. The lowest BCUT2D eigenvalue weighted by molar-refractivity contribution is 0.602. The molecule has 3 rings (SSSR count). The zero-order valence-corrected chi connectivity index (χ0v) is 11.7. The van der Waals surface area contributed by atoms with Crippen LogP contribution in [-0.2, 0) is 0 Å². The molecule has 1 saturated heterocycles. The van der Waals surface area contributed by atoms with Crippen LogP contribution in [0.3, 0.4) is 0 Å². The molecule has 0 aromatic carbocycles. The molecule has 1 atom stereocenters. The highest BCUT2D eigenvalue weighted by Crippen LogP contribution is 2.29. The van der Waals surface area contributed by atoms with Crippen molar-refractivity contribution in [3.8, 4) is 0 Å². The number of anilines is 1. The van der Waals surface area contributed by atoms with Crippen LogP contribution in [0.2, 0.25) is 0 Å². The number of fused-ring (bicyclic) bond motifs is 1. The van der Waals surface area contributed by atoms with Gasteiger partial charge in [0.2, 0.25) is 0 Å². The van der Waals surface area contributed by atoms with Crippen molar-refractivity contribution in [2.45, 2.75) is 18.9 Å². The van der Waals surface area contributed by atoms with Crippen molar-refractivity contribution in [3.05, 3.63) is 22.8 Å². The van der Waals surface area contributed by atoms with Gasteiger partial charge in [0.25, 0.3) is 0 Å². The number of hydrogen-bond acceptors (Lipinski definition) is 4. The number of aromatic nitrogens is 3. The minimum Gasteiger partial charge on any atom is -0.382 e. The second kappa shape index (κ2) is 4.83. The highest BCUT2D eigenvalue weighted by Gasteiger charge is 2.23. The third kappa shape index (κ3) is 2.02. The number of nitrogens with one attached hydrogen (secondary N) is 1. The van der Waals surface area contributed by atoms with E-state index in [4.69, 9.17) is 5.73 Å². The highest BCUT2D eigenvalue weighted by atomic mass is 79.9. The Morgan fingerprint density at radius 1 is 1.53 bits per heavy atom. The van der Waals surface area contributed by atoms with Crippen molar-refractivity contribution >= 4 is 40.8 Å². The summed E-state index contributed by atoms with van der Waals surface area (Å²) in [6, 6.07) is 0.320. The Labute approximate surface area is 114 Å². The third-order valence-corrected chi connectivity index (χ3v) is 3.49. The summed E-state index contributed by atoms with van der Waals surface area (Å²) >= 11 is 3.44. The smallest absolute Gasteiger partial charge is 0.150 e. The fourth-order valence-electron chi connectivity index (χ4n) is 2.19. The average Bonchev–Trinajstić information content (AvgIpc) is 2.86. The van der Waals surface area contributed by atoms with E-state index in [0.717, 1.165) is 28.9 Å². The van der Waals surface area contributed by atoms with Gasteiger partial charge >= 0.3 is 0 Å². The normalized spacial score (nSPS) is 19.5. The number of nitrogen functional groups attached to an aromatic ring is 1. The first-order valence-electron chi connectivity index (χ1n) is 5.28. The Balaban J connectivity index is 0.00000108. The van der Waals surface area contributed by atoms with Gasteiger partial charge in [0, 0.05) is 12.4 Å². The van der Waals surface area contributed by atoms with Gasteiger partial charge in [-0.15, -0.1) is 0 Å². The molecule has 0 bridgehead atoms. The lowest BCUT2D eigenvalue weighted by Gasteiger charge is -2.08. The minimum absolute atomic E-state index is 0. The van der Waals surface area contributed by atoms with E-state index >= 15 is 0 Å². The van der Waals surface area contributed by atoms with Gasteiger partial charge in [-0.1, -0.05) is 0 Å². The summed E-state index contributed by atoms with van der Waals surface area (Å²) in [5.74, 6) is 1.51. The third-order valence-electron chi connectivity index (χ3n) is 2.94. The number of rotatable bonds is 1. The van der Waals surface area contributed by atoms with Gasteiger partial charge in [0.05, 0.1) is 6.04 Å². The molecule has 0 aliphatic carbocycles. The predicted octanol–water partition coefficient (Wildman–Crippen LogP) is 1.61. The van der Waals surface area contributed by atoms with Crippen LogP contribution in [0, 0.1) is 0 Å². The SMILES string of the molecule is Nc1nccn2c([C@@H]3CCCN3)nc(Br)c12.S. The number of imidazole rings is 1. The van der Waals surface area contributed by atoms with Crippen molar-refractivity contribution < 1.29 is 0 Å². The molecule has 0 amide bonds. The quantitative estimate of drug-likeness (QED) is 0.839. The molecule has 5 nitrogen and oxygen atoms in total. The van der Waals surface area contributed by atoms with Crippen LogP contribution in [0.15, 0.2) is 17.0 Å². The Hall–Kier alpha value is -0.790. The largest absolute Gasteiger partial charge is 0.382 e. The van der Waals surface area contributed by atoms with E-state index in [1.54, 1.807) is 6.20 Å². The Bertz CT molecular complexity index is 535. The van der Waals surface area contributed by atoms with Gasteiger partial charge in [-0.3, -0.25) is 4.40 Å². The van der Waals surface area contributed by atoms with Gasteiger partial charge in [-0.05, 0) is 35.3 Å². The summed E-state index contributed by atoms with van der Waals surface area (Å²) in [4.78, 5) is 8.60. The first-order valence-corrected chi connectivity index (χ1v) is 6.08. The van der Waals surface area contributed by atoms with Crippen molar-refractivity contribution in [3.63, 3.8) is 0 Å². The number of halogens is 1. The van der Waals surface area contributed by atoms with Crippen molar-refractivity contribution in [1.82, 2.24) is 19.7 Å². The molecule has 3 N–H and O–H groups in total. The fraction of sp³-hybridized carbons (Fsp3) is 0.400. The second-order valence-electron chi connectivity index (χ2n) is 3.94. The maximum atomic E-state index is 5.85. The number of hydrogen-bond donors (Lipinski definition) is 2. The van der Waals surface area contributed by atoms with E-state index in [0.29, 0.717) is 11.9 Å². The second-order valence-corrected chi connectivity index (χ2v) is 4.69. The van der Waals surface area contributed by atoms with Gasteiger partial charge in [0.1, 0.15) is 15.9 Å². The van der Waals surface area contributed by atoms with Gasteiger partial charge in [-0.2, -0.15) is 13.5 Å². The molecule has 0 saturated carbocycles. The lowest BCUT2D eigenvalue weighted by atomic mass is 10.2. The van der Waals surface area contributed by atoms with Gasteiger partial charge < -0.3 is 11.1 Å². The molecule has 1 fully saturated rings. The molecule has 1 aliphatic rings. The molecule has 7 heteroatoms. The number of nitrogens with two attached hydrogens (primary N) is 1. The summed E-state index contributed by atoms with van der Waals surface area (Å²) in [6.45, 7) is 1.05. The maximum absolute atomic E-state index is 5.85. The van der Waals surface area contributed by atoms with Gasteiger partial charge in [0.15, 0.2) is 5.82 Å². The van der Waals surface area contributed by atoms with E-state index in [2.05, 4.69) is 31.2 Å². The molecule has 2 aromatic heterocycles. The van der Waals surface area contributed by atoms with Crippen LogP contribution in [-0.4, -0.2) is 20.9 Å².